The molecule has 178 valence electrons. The Kier molecular flexibility index (Phi) is 7.78. The molecule has 32 heavy (non-hydrogen) atoms. The molecule has 3 aliphatic rings. The summed E-state index contributed by atoms with van der Waals surface area (Å²) in [7, 11) is 2.07. The number of piperazine rings is 1. The number of hydroxylamine groups is 2. The minimum atomic E-state index is -0.828. The lowest BCUT2D eigenvalue weighted by atomic mass is 9.93. The van der Waals surface area contributed by atoms with Crippen molar-refractivity contribution in [1.82, 2.24) is 19.8 Å². The Morgan fingerprint density at radius 2 is 1.72 bits per heavy atom. The maximum absolute atomic E-state index is 13.7. The molecule has 0 spiro atoms. The maximum Gasteiger partial charge on any atom is 0.262 e. The van der Waals surface area contributed by atoms with E-state index in [1.807, 2.05) is 38.7 Å². The molecule has 9 nitrogen and oxygen atoms in total. The normalized spacial score (nSPS) is 27.8. The van der Waals surface area contributed by atoms with Crippen LogP contribution in [0.1, 0.15) is 59.8 Å². The molecule has 3 fully saturated rings. The summed E-state index contributed by atoms with van der Waals surface area (Å²) in [4.78, 5) is 51.7. The van der Waals surface area contributed by atoms with Gasteiger partial charge in [0.25, 0.3) is 11.8 Å². The third-order valence-corrected chi connectivity index (χ3v) is 6.61. The summed E-state index contributed by atoms with van der Waals surface area (Å²) in [5, 5.41) is 10.3. The van der Waals surface area contributed by atoms with Gasteiger partial charge in [-0.25, -0.2) is 0 Å². The molecule has 0 saturated carbocycles. The quantitative estimate of drug-likeness (QED) is 0.613. The van der Waals surface area contributed by atoms with Crippen LogP contribution in [-0.4, -0.2) is 88.5 Å². The maximum atomic E-state index is 13.7. The fourth-order valence-corrected chi connectivity index (χ4v) is 5.02. The van der Waals surface area contributed by atoms with E-state index in [4.69, 9.17) is 10.1 Å². The lowest BCUT2D eigenvalue weighted by Gasteiger charge is -2.55. The molecule has 3 saturated heterocycles. The fourth-order valence-electron chi connectivity index (χ4n) is 5.02. The van der Waals surface area contributed by atoms with Crippen molar-refractivity contribution in [2.24, 2.45) is 11.8 Å². The van der Waals surface area contributed by atoms with Gasteiger partial charge in [0.05, 0.1) is 12.6 Å². The van der Waals surface area contributed by atoms with Crippen LogP contribution in [-0.2, 0) is 19.2 Å². The van der Waals surface area contributed by atoms with Crippen molar-refractivity contribution >= 4 is 17.7 Å². The number of carbonyl (C=O) groups excluding carboxylic acids is 3. The summed E-state index contributed by atoms with van der Waals surface area (Å²) in [6.45, 7) is 10.1. The topological polar surface area (TPSA) is 97.2 Å². The van der Waals surface area contributed by atoms with Gasteiger partial charge in [-0.2, -0.15) is 10.3 Å². The fraction of sp³-hybridized carbons (Fsp3) is 0.826. The highest BCUT2D eigenvalue weighted by atomic mass is 16.7. The molecule has 0 aromatic carbocycles. The van der Waals surface area contributed by atoms with Crippen LogP contribution < -0.4 is 0 Å². The average molecular weight is 448 g/mol. The number of hydrogen-bond acceptors (Lipinski definition) is 6. The second-order valence-electron chi connectivity index (χ2n) is 10.2. The van der Waals surface area contributed by atoms with E-state index in [2.05, 4.69) is 11.9 Å². The molecular formula is C23H37N5O4. The Hall–Kier alpha value is -2.18. The smallest absolute Gasteiger partial charge is 0.262 e. The minimum Gasteiger partial charge on any atom is -0.334 e. The Labute approximate surface area is 191 Å². The van der Waals surface area contributed by atoms with Gasteiger partial charge in [-0.05, 0) is 57.7 Å². The molecule has 3 rings (SSSR count). The summed E-state index contributed by atoms with van der Waals surface area (Å²) in [5.41, 5.74) is 0. The third-order valence-electron chi connectivity index (χ3n) is 6.61. The van der Waals surface area contributed by atoms with Crippen molar-refractivity contribution in [3.05, 3.63) is 0 Å². The van der Waals surface area contributed by atoms with E-state index in [-0.39, 0.29) is 42.7 Å². The van der Waals surface area contributed by atoms with E-state index in [1.54, 1.807) is 4.90 Å². The van der Waals surface area contributed by atoms with E-state index < -0.39 is 24.2 Å². The van der Waals surface area contributed by atoms with Crippen molar-refractivity contribution < 1.29 is 19.2 Å². The molecule has 3 heterocycles. The van der Waals surface area contributed by atoms with Crippen LogP contribution in [0.15, 0.2) is 0 Å². The highest BCUT2D eigenvalue weighted by Crippen LogP contribution is 2.34. The summed E-state index contributed by atoms with van der Waals surface area (Å²) in [6.07, 6.45) is 0.836. The number of likely N-dealkylation sites (tertiary alicyclic amines) is 1. The van der Waals surface area contributed by atoms with Gasteiger partial charge in [0.15, 0.2) is 12.3 Å². The van der Waals surface area contributed by atoms with Gasteiger partial charge in [-0.1, -0.05) is 27.7 Å². The molecule has 0 radical (unpaired) electrons. The van der Waals surface area contributed by atoms with Gasteiger partial charge in [0.2, 0.25) is 5.91 Å². The van der Waals surface area contributed by atoms with Gasteiger partial charge in [0.1, 0.15) is 12.5 Å². The zero-order chi connectivity index (χ0) is 23.6. The zero-order valence-electron chi connectivity index (χ0n) is 20.0. The van der Waals surface area contributed by atoms with Crippen molar-refractivity contribution in [1.29, 1.82) is 5.26 Å². The first-order valence-electron chi connectivity index (χ1n) is 11.8. The van der Waals surface area contributed by atoms with Gasteiger partial charge in [0, 0.05) is 6.04 Å². The first kappa shape index (κ1) is 24.5. The number of nitriles is 1. The molecule has 0 N–H and O–H groups in total. The predicted octanol–water partition coefficient (Wildman–Crippen LogP) is 1.59. The molecule has 3 amide bonds. The van der Waals surface area contributed by atoms with E-state index in [0.717, 1.165) is 25.9 Å². The van der Waals surface area contributed by atoms with Gasteiger partial charge in [-0.3, -0.25) is 19.2 Å². The molecule has 0 aliphatic carbocycles. The zero-order valence-corrected chi connectivity index (χ0v) is 20.0. The number of nitrogens with zero attached hydrogens (tertiary/aromatic N) is 5. The Bertz CT molecular complexity index is 756. The van der Waals surface area contributed by atoms with Gasteiger partial charge >= 0.3 is 0 Å². The SMILES string of the molecule is CC(C)C[C@H]1ON(C(=O)CC#N)C2CN(C3CCN(C)CC3)C(=O)[C@H](CC(C)C)N2C1=O. The van der Waals surface area contributed by atoms with Crippen LogP contribution in [0.5, 0.6) is 0 Å². The lowest BCUT2D eigenvalue weighted by molar-refractivity contribution is -0.277. The second-order valence-corrected chi connectivity index (χ2v) is 10.2. The van der Waals surface area contributed by atoms with Crippen LogP contribution >= 0.6 is 0 Å². The molecule has 0 aromatic rings. The number of hydrogen-bond donors (Lipinski definition) is 0. The minimum absolute atomic E-state index is 0.0317. The van der Waals surface area contributed by atoms with E-state index >= 15 is 0 Å². The second kappa shape index (κ2) is 10.2. The molecule has 3 atom stereocenters. The first-order valence-corrected chi connectivity index (χ1v) is 11.8. The number of amides is 3. The van der Waals surface area contributed by atoms with E-state index in [1.165, 1.54) is 5.06 Å². The van der Waals surface area contributed by atoms with Crippen molar-refractivity contribution in [3.63, 3.8) is 0 Å². The summed E-state index contributed by atoms with van der Waals surface area (Å²) < 4.78 is 0. The van der Waals surface area contributed by atoms with Crippen molar-refractivity contribution in [3.8, 4) is 6.07 Å². The summed E-state index contributed by atoms with van der Waals surface area (Å²) in [6, 6.07) is 1.35. The summed E-state index contributed by atoms with van der Waals surface area (Å²) >= 11 is 0. The first-order chi connectivity index (χ1) is 15.1. The van der Waals surface area contributed by atoms with Crippen LogP contribution in [0.3, 0.4) is 0 Å². The van der Waals surface area contributed by atoms with E-state index in [0.29, 0.717) is 12.8 Å². The largest absolute Gasteiger partial charge is 0.334 e. The van der Waals surface area contributed by atoms with Crippen molar-refractivity contribution in [2.75, 3.05) is 26.7 Å². The standard InChI is InChI=1S/C23H37N5O4/c1-15(2)12-18-22(30)26(17-7-10-25(5)11-8-17)14-20-27(18)23(31)19(13-16(3)4)32-28(20)21(29)6-9-24/h15-20H,6-8,10-14H2,1-5H3/t18-,19+,20?/m0/s1. The highest BCUT2D eigenvalue weighted by molar-refractivity contribution is 5.92. The molecule has 9 heteroatoms. The van der Waals surface area contributed by atoms with Gasteiger partial charge < -0.3 is 14.7 Å². The van der Waals surface area contributed by atoms with Gasteiger partial charge in [-0.15, -0.1) is 0 Å². The Balaban J connectivity index is 1.97. The van der Waals surface area contributed by atoms with E-state index in [9.17, 15) is 14.4 Å². The highest BCUT2D eigenvalue weighted by Gasteiger charge is 2.53. The molecule has 1 unspecified atom stereocenters. The predicted molar refractivity (Wildman–Crippen MR) is 118 cm³/mol. The Morgan fingerprint density at radius 1 is 1.09 bits per heavy atom. The number of rotatable bonds is 6. The molecule has 0 bridgehead atoms. The van der Waals surface area contributed by atoms with Crippen LogP contribution in [0.25, 0.3) is 0 Å². The number of piperidine rings is 1. The third kappa shape index (κ3) is 5.07. The molecular weight excluding hydrogens is 410 g/mol. The molecule has 0 aromatic heterocycles. The number of carbonyl (C=O) groups is 3. The molecule has 3 aliphatic heterocycles. The Morgan fingerprint density at radius 3 is 2.28 bits per heavy atom. The van der Waals surface area contributed by atoms with Crippen LogP contribution in [0.4, 0.5) is 0 Å². The average Bonchev–Trinajstić information content (AvgIpc) is 2.72. The van der Waals surface area contributed by atoms with Crippen LogP contribution in [0.2, 0.25) is 0 Å². The lowest BCUT2D eigenvalue weighted by Crippen LogP contribution is -2.74. The van der Waals surface area contributed by atoms with Crippen LogP contribution in [0, 0.1) is 23.2 Å². The summed E-state index contributed by atoms with van der Waals surface area (Å²) in [5.74, 6) is -0.357. The number of fused-ring (bicyclic) bond motifs is 1. The van der Waals surface area contributed by atoms with Crippen molar-refractivity contribution in [2.45, 2.75) is 84.2 Å². The monoisotopic (exact) mass is 447 g/mol.